The first-order chi connectivity index (χ1) is 9.28. The monoisotopic (exact) mass is 261 g/mol. The van der Waals surface area contributed by atoms with Crippen LogP contribution in [0.25, 0.3) is 11.1 Å². The van der Waals surface area contributed by atoms with E-state index in [4.69, 9.17) is 4.42 Å². The zero-order valence-corrected chi connectivity index (χ0v) is 11.2. The van der Waals surface area contributed by atoms with Crippen LogP contribution in [0.4, 0.5) is 0 Å². The van der Waals surface area contributed by atoms with Crippen molar-refractivity contribution in [2.24, 2.45) is 0 Å². The minimum atomic E-state index is -0.267. The van der Waals surface area contributed by atoms with Gasteiger partial charge >= 0.3 is 5.76 Å². The van der Waals surface area contributed by atoms with E-state index in [-0.39, 0.29) is 5.76 Å². The van der Waals surface area contributed by atoms with Gasteiger partial charge in [0.1, 0.15) is 0 Å². The molecule has 1 aromatic carbocycles. The molecule has 5 heteroatoms. The lowest BCUT2D eigenvalue weighted by Crippen LogP contribution is -2.42. The highest BCUT2D eigenvalue weighted by atomic mass is 16.4. The van der Waals surface area contributed by atoms with Gasteiger partial charge in [-0.05, 0) is 24.6 Å². The number of oxazole rings is 1. The predicted octanol–water partition coefficient (Wildman–Crippen LogP) is 1.02. The summed E-state index contributed by atoms with van der Waals surface area (Å²) in [4.78, 5) is 14.1. The summed E-state index contributed by atoms with van der Waals surface area (Å²) in [5.74, 6) is -0.267. The van der Waals surface area contributed by atoms with Crippen molar-refractivity contribution >= 4 is 11.1 Å². The van der Waals surface area contributed by atoms with Crippen molar-refractivity contribution in [3.8, 4) is 0 Å². The number of fused-ring (bicyclic) bond motifs is 1. The quantitative estimate of drug-likeness (QED) is 0.896. The average Bonchev–Trinajstić information content (AvgIpc) is 2.74. The second-order valence-electron chi connectivity index (χ2n) is 4.94. The first-order valence-electron chi connectivity index (χ1n) is 6.83. The zero-order valence-electron chi connectivity index (χ0n) is 11.2. The Bertz CT molecular complexity index is 623. The van der Waals surface area contributed by atoms with E-state index in [0.29, 0.717) is 12.1 Å². The molecule has 5 nitrogen and oxygen atoms in total. The van der Waals surface area contributed by atoms with E-state index in [1.807, 2.05) is 19.1 Å². The lowest BCUT2D eigenvalue weighted by Gasteiger charge is -2.27. The van der Waals surface area contributed by atoms with E-state index in [2.05, 4.69) is 16.3 Å². The van der Waals surface area contributed by atoms with Crippen LogP contribution in [0.15, 0.2) is 27.4 Å². The summed E-state index contributed by atoms with van der Waals surface area (Å²) in [5.41, 5.74) is 2.81. The standard InChI is InChI=1S/C14H19N3O2/c1-2-17-12-9-11(3-4-13(12)19-14(17)18)10-16-7-5-15-6-8-16/h3-4,9,15H,2,5-8,10H2,1H3. The summed E-state index contributed by atoms with van der Waals surface area (Å²) in [6.45, 7) is 7.78. The fraction of sp³-hybridized carbons (Fsp3) is 0.500. The number of piperazine rings is 1. The van der Waals surface area contributed by atoms with Crippen LogP contribution in [-0.4, -0.2) is 35.6 Å². The Morgan fingerprint density at radius 3 is 2.84 bits per heavy atom. The highest BCUT2D eigenvalue weighted by Crippen LogP contribution is 2.16. The van der Waals surface area contributed by atoms with Crippen molar-refractivity contribution in [3.63, 3.8) is 0 Å². The Hall–Kier alpha value is -1.59. The lowest BCUT2D eigenvalue weighted by molar-refractivity contribution is 0.233. The topological polar surface area (TPSA) is 50.4 Å². The van der Waals surface area contributed by atoms with Gasteiger partial charge < -0.3 is 9.73 Å². The zero-order chi connectivity index (χ0) is 13.2. The van der Waals surface area contributed by atoms with Crippen LogP contribution in [0.5, 0.6) is 0 Å². The number of hydrogen-bond donors (Lipinski definition) is 1. The summed E-state index contributed by atoms with van der Waals surface area (Å²) in [5, 5.41) is 3.35. The third kappa shape index (κ3) is 2.43. The van der Waals surface area contributed by atoms with Gasteiger partial charge in [0.25, 0.3) is 0 Å². The molecule has 0 amide bonds. The number of benzene rings is 1. The fourth-order valence-corrected chi connectivity index (χ4v) is 2.63. The Kier molecular flexibility index (Phi) is 3.40. The normalized spacial score (nSPS) is 17.1. The minimum absolute atomic E-state index is 0.267. The van der Waals surface area contributed by atoms with Crippen LogP contribution in [0.1, 0.15) is 12.5 Å². The molecular weight excluding hydrogens is 242 g/mol. The van der Waals surface area contributed by atoms with Crippen molar-refractivity contribution in [1.82, 2.24) is 14.8 Å². The van der Waals surface area contributed by atoms with Gasteiger partial charge in [0.15, 0.2) is 5.58 Å². The molecule has 1 N–H and O–H groups in total. The van der Waals surface area contributed by atoms with Crippen LogP contribution in [0, 0.1) is 0 Å². The molecule has 3 rings (SSSR count). The third-order valence-electron chi connectivity index (χ3n) is 3.66. The molecule has 0 aliphatic carbocycles. The Labute approximate surface area is 111 Å². The molecule has 1 aliphatic heterocycles. The summed E-state index contributed by atoms with van der Waals surface area (Å²) < 4.78 is 6.90. The maximum absolute atomic E-state index is 11.6. The SMILES string of the molecule is CCn1c(=O)oc2ccc(CN3CCNCC3)cc21. The smallest absolute Gasteiger partial charge is 0.408 e. The van der Waals surface area contributed by atoms with Crippen molar-refractivity contribution in [2.75, 3.05) is 26.2 Å². The minimum Gasteiger partial charge on any atom is -0.408 e. The molecule has 1 aliphatic rings. The third-order valence-corrected chi connectivity index (χ3v) is 3.66. The van der Waals surface area contributed by atoms with Gasteiger partial charge in [-0.2, -0.15) is 0 Å². The second-order valence-corrected chi connectivity index (χ2v) is 4.94. The summed E-state index contributed by atoms with van der Waals surface area (Å²) in [6, 6.07) is 6.03. The molecule has 2 heterocycles. The number of rotatable bonds is 3. The molecule has 0 saturated carbocycles. The summed E-state index contributed by atoms with van der Waals surface area (Å²) in [6.07, 6.45) is 0. The fourth-order valence-electron chi connectivity index (χ4n) is 2.63. The molecule has 0 radical (unpaired) electrons. The Morgan fingerprint density at radius 1 is 1.32 bits per heavy atom. The average molecular weight is 261 g/mol. The molecular formula is C14H19N3O2. The number of nitrogens with zero attached hydrogens (tertiary/aromatic N) is 2. The van der Waals surface area contributed by atoms with Gasteiger partial charge in [-0.25, -0.2) is 4.79 Å². The van der Waals surface area contributed by atoms with E-state index in [9.17, 15) is 4.79 Å². The van der Waals surface area contributed by atoms with Crippen LogP contribution in [-0.2, 0) is 13.1 Å². The molecule has 0 atom stereocenters. The molecule has 1 saturated heterocycles. The molecule has 1 fully saturated rings. The van der Waals surface area contributed by atoms with Crippen LogP contribution < -0.4 is 11.1 Å². The van der Waals surface area contributed by atoms with Gasteiger partial charge in [-0.1, -0.05) is 6.07 Å². The first-order valence-corrected chi connectivity index (χ1v) is 6.83. The van der Waals surface area contributed by atoms with Crippen molar-refractivity contribution < 1.29 is 4.42 Å². The van der Waals surface area contributed by atoms with Gasteiger partial charge in [0, 0.05) is 39.3 Å². The summed E-state index contributed by atoms with van der Waals surface area (Å²) >= 11 is 0. The highest BCUT2D eigenvalue weighted by Gasteiger charge is 2.12. The van der Waals surface area contributed by atoms with Crippen LogP contribution >= 0.6 is 0 Å². The van der Waals surface area contributed by atoms with Gasteiger partial charge in [-0.15, -0.1) is 0 Å². The van der Waals surface area contributed by atoms with E-state index in [1.165, 1.54) is 5.56 Å². The molecule has 0 spiro atoms. The van der Waals surface area contributed by atoms with Gasteiger partial charge in [-0.3, -0.25) is 9.47 Å². The maximum atomic E-state index is 11.6. The Morgan fingerprint density at radius 2 is 2.11 bits per heavy atom. The van der Waals surface area contributed by atoms with E-state index in [1.54, 1.807) is 4.57 Å². The maximum Gasteiger partial charge on any atom is 0.419 e. The molecule has 19 heavy (non-hydrogen) atoms. The first kappa shape index (κ1) is 12.4. The van der Waals surface area contributed by atoms with E-state index >= 15 is 0 Å². The number of hydrogen-bond acceptors (Lipinski definition) is 4. The lowest BCUT2D eigenvalue weighted by atomic mass is 10.2. The highest BCUT2D eigenvalue weighted by molar-refractivity contribution is 5.73. The van der Waals surface area contributed by atoms with Gasteiger partial charge in [0.05, 0.1) is 5.52 Å². The van der Waals surface area contributed by atoms with Crippen LogP contribution in [0.2, 0.25) is 0 Å². The Balaban J connectivity index is 1.89. The number of aromatic nitrogens is 1. The largest absolute Gasteiger partial charge is 0.419 e. The molecule has 102 valence electrons. The summed E-state index contributed by atoms with van der Waals surface area (Å²) in [7, 11) is 0. The van der Waals surface area contributed by atoms with Gasteiger partial charge in [0.2, 0.25) is 0 Å². The van der Waals surface area contributed by atoms with Crippen LogP contribution in [0.3, 0.4) is 0 Å². The number of nitrogens with one attached hydrogen (secondary N) is 1. The van der Waals surface area contributed by atoms with Crippen molar-refractivity contribution in [3.05, 3.63) is 34.3 Å². The van der Waals surface area contributed by atoms with Crippen molar-refractivity contribution in [1.29, 1.82) is 0 Å². The predicted molar refractivity (Wildman–Crippen MR) is 74.3 cm³/mol. The van der Waals surface area contributed by atoms with Crippen molar-refractivity contribution in [2.45, 2.75) is 20.0 Å². The van der Waals surface area contributed by atoms with E-state index < -0.39 is 0 Å². The van der Waals surface area contributed by atoms with E-state index in [0.717, 1.165) is 38.2 Å². The molecule has 1 aromatic heterocycles. The number of aryl methyl sites for hydroxylation is 1. The second kappa shape index (κ2) is 5.19. The molecule has 2 aromatic rings. The molecule has 0 bridgehead atoms. The molecule has 0 unspecified atom stereocenters.